The van der Waals surface area contributed by atoms with Crippen molar-refractivity contribution in [3.05, 3.63) is 29.8 Å². The fraction of sp³-hybridized carbons (Fsp3) is 0.533. The first-order chi connectivity index (χ1) is 9.49. The molecule has 5 heteroatoms. The summed E-state index contributed by atoms with van der Waals surface area (Å²) in [6.45, 7) is 3.87. The monoisotopic (exact) mass is 296 g/mol. The maximum atomic E-state index is 12.6. The van der Waals surface area contributed by atoms with Crippen molar-refractivity contribution >= 4 is 16.8 Å². The third-order valence-electron chi connectivity index (χ3n) is 3.57. The van der Waals surface area contributed by atoms with Gasteiger partial charge in [0.1, 0.15) is 0 Å². The Labute approximate surface area is 121 Å². The summed E-state index contributed by atoms with van der Waals surface area (Å²) in [5, 5.41) is 8.43. The van der Waals surface area contributed by atoms with Crippen molar-refractivity contribution in [1.29, 1.82) is 0 Å². The first-order valence-corrected chi connectivity index (χ1v) is 8.06. The number of carbonyl (C=O) groups is 1. The Hall–Kier alpha value is -1.20. The molecule has 0 unspecified atom stereocenters. The SMILES string of the molecule is Cc1ccc([S@@](=O)[C@@H](C(=O)O)[C@H]2CCC[C@@H](C)O2)cc1. The molecule has 1 aromatic carbocycles. The summed E-state index contributed by atoms with van der Waals surface area (Å²) in [4.78, 5) is 12.1. The Morgan fingerprint density at radius 2 is 2.00 bits per heavy atom. The van der Waals surface area contributed by atoms with Crippen LogP contribution in [0.5, 0.6) is 0 Å². The summed E-state index contributed by atoms with van der Waals surface area (Å²) < 4.78 is 18.3. The van der Waals surface area contributed by atoms with Crippen molar-refractivity contribution in [3.8, 4) is 0 Å². The average molecular weight is 296 g/mol. The molecule has 1 saturated heterocycles. The molecule has 1 aromatic rings. The van der Waals surface area contributed by atoms with E-state index in [0.29, 0.717) is 11.3 Å². The van der Waals surface area contributed by atoms with Gasteiger partial charge >= 0.3 is 5.97 Å². The predicted octanol–water partition coefficient (Wildman–Crippen LogP) is 2.51. The Morgan fingerprint density at radius 3 is 2.55 bits per heavy atom. The number of aryl methyl sites for hydroxylation is 1. The molecule has 0 bridgehead atoms. The van der Waals surface area contributed by atoms with Crippen LogP contribution in [-0.2, 0) is 20.3 Å². The molecule has 0 aromatic heterocycles. The van der Waals surface area contributed by atoms with E-state index < -0.39 is 28.1 Å². The molecule has 0 saturated carbocycles. The van der Waals surface area contributed by atoms with Gasteiger partial charge in [0, 0.05) is 4.90 Å². The maximum absolute atomic E-state index is 12.6. The van der Waals surface area contributed by atoms with Crippen LogP contribution in [0.3, 0.4) is 0 Å². The normalized spacial score (nSPS) is 25.9. The van der Waals surface area contributed by atoms with Crippen LogP contribution in [0, 0.1) is 6.92 Å². The van der Waals surface area contributed by atoms with Gasteiger partial charge in [0.25, 0.3) is 0 Å². The molecule has 20 heavy (non-hydrogen) atoms. The lowest BCUT2D eigenvalue weighted by atomic mass is 10.0. The Morgan fingerprint density at radius 1 is 1.35 bits per heavy atom. The Balaban J connectivity index is 2.21. The van der Waals surface area contributed by atoms with Crippen LogP contribution in [0.25, 0.3) is 0 Å². The highest BCUT2D eigenvalue weighted by Crippen LogP contribution is 2.26. The topological polar surface area (TPSA) is 63.6 Å². The van der Waals surface area contributed by atoms with Crippen LogP contribution >= 0.6 is 0 Å². The van der Waals surface area contributed by atoms with Crippen LogP contribution in [0.4, 0.5) is 0 Å². The molecule has 1 aliphatic heterocycles. The van der Waals surface area contributed by atoms with Crippen molar-refractivity contribution < 1.29 is 18.8 Å². The van der Waals surface area contributed by atoms with Gasteiger partial charge in [0.05, 0.1) is 23.0 Å². The lowest BCUT2D eigenvalue weighted by Crippen LogP contribution is -2.43. The molecular formula is C15H20O4S. The summed E-state index contributed by atoms with van der Waals surface area (Å²) >= 11 is 0. The number of carboxylic acid groups (broad SMARTS) is 1. The van der Waals surface area contributed by atoms with Crippen molar-refractivity contribution in [2.24, 2.45) is 0 Å². The second-order valence-electron chi connectivity index (χ2n) is 5.29. The quantitative estimate of drug-likeness (QED) is 0.927. The minimum Gasteiger partial charge on any atom is -0.480 e. The van der Waals surface area contributed by atoms with E-state index in [2.05, 4.69) is 0 Å². The zero-order chi connectivity index (χ0) is 14.7. The van der Waals surface area contributed by atoms with Crippen molar-refractivity contribution in [3.63, 3.8) is 0 Å². The van der Waals surface area contributed by atoms with Crippen LogP contribution in [0.15, 0.2) is 29.2 Å². The summed E-state index contributed by atoms with van der Waals surface area (Å²) in [6.07, 6.45) is 2.06. The molecule has 1 aliphatic rings. The van der Waals surface area contributed by atoms with Gasteiger partial charge in [-0.05, 0) is 45.2 Å². The van der Waals surface area contributed by atoms with Gasteiger partial charge in [-0.2, -0.15) is 0 Å². The third-order valence-corrected chi connectivity index (χ3v) is 5.27. The molecule has 2 rings (SSSR count). The molecular weight excluding hydrogens is 276 g/mol. The van der Waals surface area contributed by atoms with Crippen molar-refractivity contribution in [1.82, 2.24) is 0 Å². The fourth-order valence-electron chi connectivity index (χ4n) is 2.47. The Bertz CT molecular complexity index is 497. The van der Waals surface area contributed by atoms with Gasteiger partial charge < -0.3 is 9.84 Å². The minimum atomic E-state index is -1.60. The number of hydrogen-bond donors (Lipinski definition) is 1. The van der Waals surface area contributed by atoms with E-state index in [0.717, 1.165) is 18.4 Å². The minimum absolute atomic E-state index is 0.0330. The van der Waals surface area contributed by atoms with E-state index in [1.807, 2.05) is 26.0 Å². The van der Waals surface area contributed by atoms with E-state index in [9.17, 15) is 14.1 Å². The zero-order valence-electron chi connectivity index (χ0n) is 11.7. The summed E-state index contributed by atoms with van der Waals surface area (Å²) in [5.41, 5.74) is 1.06. The van der Waals surface area contributed by atoms with Gasteiger partial charge in [-0.15, -0.1) is 0 Å². The van der Waals surface area contributed by atoms with E-state index in [-0.39, 0.29) is 6.10 Å². The summed E-state index contributed by atoms with van der Waals surface area (Å²) in [6, 6.07) is 7.15. The van der Waals surface area contributed by atoms with Crippen LogP contribution in [-0.4, -0.2) is 32.7 Å². The van der Waals surface area contributed by atoms with Gasteiger partial charge in [-0.25, -0.2) is 0 Å². The van der Waals surface area contributed by atoms with Gasteiger partial charge in [-0.3, -0.25) is 9.00 Å². The van der Waals surface area contributed by atoms with Crippen LogP contribution in [0.1, 0.15) is 31.7 Å². The van der Waals surface area contributed by atoms with E-state index in [1.165, 1.54) is 0 Å². The molecule has 0 aliphatic carbocycles. The fourth-order valence-corrected chi connectivity index (χ4v) is 3.83. The van der Waals surface area contributed by atoms with Gasteiger partial charge in [0.2, 0.25) is 0 Å². The Kier molecular flexibility index (Phi) is 4.94. The lowest BCUT2D eigenvalue weighted by Gasteiger charge is -2.31. The smallest absolute Gasteiger partial charge is 0.322 e. The van der Waals surface area contributed by atoms with Gasteiger partial charge in [-0.1, -0.05) is 17.7 Å². The van der Waals surface area contributed by atoms with Gasteiger partial charge in [0.15, 0.2) is 5.25 Å². The molecule has 4 nitrogen and oxygen atoms in total. The second-order valence-corrected chi connectivity index (χ2v) is 6.86. The molecule has 4 atom stereocenters. The van der Waals surface area contributed by atoms with Crippen molar-refractivity contribution in [2.75, 3.05) is 0 Å². The first-order valence-electron chi connectivity index (χ1n) is 6.84. The largest absolute Gasteiger partial charge is 0.480 e. The number of ether oxygens (including phenoxy) is 1. The number of benzene rings is 1. The van der Waals surface area contributed by atoms with Crippen molar-refractivity contribution in [2.45, 2.75) is 55.5 Å². The van der Waals surface area contributed by atoms with E-state index in [4.69, 9.17) is 4.74 Å². The highest BCUT2D eigenvalue weighted by molar-refractivity contribution is 7.86. The molecule has 1 N–H and O–H groups in total. The van der Waals surface area contributed by atoms with Crippen LogP contribution in [0.2, 0.25) is 0 Å². The van der Waals surface area contributed by atoms with Crippen LogP contribution < -0.4 is 0 Å². The van der Waals surface area contributed by atoms with E-state index in [1.54, 1.807) is 12.1 Å². The highest BCUT2D eigenvalue weighted by Gasteiger charge is 2.37. The summed E-state index contributed by atoms with van der Waals surface area (Å²) in [5.74, 6) is -1.05. The lowest BCUT2D eigenvalue weighted by molar-refractivity contribution is -0.141. The number of carboxylic acids is 1. The number of aliphatic carboxylic acids is 1. The highest BCUT2D eigenvalue weighted by atomic mass is 32.2. The third kappa shape index (κ3) is 3.46. The predicted molar refractivity (Wildman–Crippen MR) is 77.2 cm³/mol. The molecule has 110 valence electrons. The molecule has 0 radical (unpaired) electrons. The molecule has 0 amide bonds. The van der Waals surface area contributed by atoms with E-state index >= 15 is 0 Å². The second kappa shape index (κ2) is 6.50. The first kappa shape index (κ1) is 15.2. The number of rotatable bonds is 4. The molecule has 1 heterocycles. The number of hydrogen-bond acceptors (Lipinski definition) is 3. The molecule has 0 spiro atoms. The average Bonchev–Trinajstić information content (AvgIpc) is 2.39. The summed E-state index contributed by atoms with van der Waals surface area (Å²) in [7, 11) is -1.60. The zero-order valence-corrected chi connectivity index (χ0v) is 12.6. The standard InChI is InChI=1S/C15H20O4S/c1-10-6-8-12(9-7-10)20(18)14(15(16)17)13-5-3-4-11(2)19-13/h6-9,11,13-14H,3-5H2,1-2H3,(H,16,17)/t11-,13-,14-,20-/m1/s1. The molecule has 1 fully saturated rings. The maximum Gasteiger partial charge on any atom is 0.322 e.